The molecule has 15 heavy (non-hydrogen) atoms. The summed E-state index contributed by atoms with van der Waals surface area (Å²) in [6, 6.07) is -0.313. The zero-order chi connectivity index (χ0) is 10.8. The van der Waals surface area contributed by atoms with Crippen LogP contribution in [0, 0.1) is 5.92 Å². The van der Waals surface area contributed by atoms with Crippen LogP contribution in [0.2, 0.25) is 0 Å². The summed E-state index contributed by atoms with van der Waals surface area (Å²) in [5, 5.41) is 5.93. The van der Waals surface area contributed by atoms with Crippen molar-refractivity contribution in [3.63, 3.8) is 0 Å². The predicted octanol–water partition coefficient (Wildman–Crippen LogP) is -1.06. The highest BCUT2D eigenvalue weighted by molar-refractivity contribution is 5.89. The van der Waals surface area contributed by atoms with Crippen molar-refractivity contribution in [3.05, 3.63) is 0 Å². The molecule has 0 aromatic heterocycles. The molecular formula is C10H17N3O2. The minimum Gasteiger partial charge on any atom is -0.353 e. The molecule has 0 aromatic carbocycles. The molecule has 5 heteroatoms. The Bertz CT molecular complexity index is 274. The van der Waals surface area contributed by atoms with Gasteiger partial charge in [0.25, 0.3) is 0 Å². The molecule has 2 aliphatic rings. The van der Waals surface area contributed by atoms with Gasteiger partial charge in [0.1, 0.15) is 6.04 Å². The first kappa shape index (κ1) is 10.4. The Hall–Kier alpha value is -1.10. The van der Waals surface area contributed by atoms with Gasteiger partial charge in [-0.15, -0.1) is 0 Å². The Morgan fingerprint density at radius 3 is 2.93 bits per heavy atom. The number of nitrogens with one attached hydrogen (secondary N) is 2. The number of nitrogens with zero attached hydrogens (tertiary/aromatic N) is 1. The van der Waals surface area contributed by atoms with E-state index in [1.807, 2.05) is 0 Å². The van der Waals surface area contributed by atoms with Crippen LogP contribution in [0.5, 0.6) is 0 Å². The zero-order valence-corrected chi connectivity index (χ0v) is 8.95. The number of carbonyl (C=O) groups is 2. The third kappa shape index (κ3) is 1.97. The van der Waals surface area contributed by atoms with Crippen LogP contribution in [-0.2, 0) is 9.59 Å². The van der Waals surface area contributed by atoms with E-state index < -0.39 is 0 Å². The Kier molecular flexibility index (Phi) is 2.90. The minimum absolute atomic E-state index is 0.0412. The van der Waals surface area contributed by atoms with Gasteiger partial charge in [-0.1, -0.05) is 0 Å². The van der Waals surface area contributed by atoms with E-state index in [0.717, 1.165) is 19.5 Å². The first-order chi connectivity index (χ1) is 7.20. The van der Waals surface area contributed by atoms with Crippen LogP contribution < -0.4 is 10.6 Å². The largest absolute Gasteiger partial charge is 0.353 e. The molecule has 5 nitrogen and oxygen atoms in total. The van der Waals surface area contributed by atoms with Gasteiger partial charge in [0.05, 0.1) is 5.92 Å². The van der Waals surface area contributed by atoms with Crippen LogP contribution in [0.25, 0.3) is 0 Å². The van der Waals surface area contributed by atoms with Gasteiger partial charge in [-0.25, -0.2) is 0 Å². The van der Waals surface area contributed by atoms with E-state index in [2.05, 4.69) is 10.6 Å². The normalized spacial score (nSPS) is 31.5. The van der Waals surface area contributed by atoms with Crippen molar-refractivity contribution >= 4 is 11.8 Å². The SMILES string of the molecule is CC1C(=O)NCCN1C(=O)[C@@H]1CCNC1. The Morgan fingerprint density at radius 1 is 1.47 bits per heavy atom. The number of carbonyl (C=O) groups excluding carboxylic acids is 2. The molecule has 84 valence electrons. The van der Waals surface area contributed by atoms with Crippen LogP contribution >= 0.6 is 0 Å². The van der Waals surface area contributed by atoms with Gasteiger partial charge in [0.15, 0.2) is 0 Å². The summed E-state index contributed by atoms with van der Waals surface area (Å²) in [6.07, 6.45) is 0.893. The fraction of sp³-hybridized carbons (Fsp3) is 0.800. The molecule has 0 saturated carbocycles. The Morgan fingerprint density at radius 2 is 2.27 bits per heavy atom. The van der Waals surface area contributed by atoms with E-state index in [1.54, 1.807) is 11.8 Å². The maximum absolute atomic E-state index is 12.1. The van der Waals surface area contributed by atoms with Crippen molar-refractivity contribution in [1.82, 2.24) is 15.5 Å². The summed E-state index contributed by atoms with van der Waals surface area (Å²) in [5.74, 6) is 0.154. The van der Waals surface area contributed by atoms with Crippen LogP contribution in [0.15, 0.2) is 0 Å². The first-order valence-electron chi connectivity index (χ1n) is 5.49. The molecule has 2 rings (SSSR count). The summed E-state index contributed by atoms with van der Waals surface area (Å²) >= 11 is 0. The maximum atomic E-state index is 12.1. The lowest BCUT2D eigenvalue weighted by molar-refractivity contribution is -0.145. The van der Waals surface area contributed by atoms with Crippen molar-refractivity contribution in [1.29, 1.82) is 0 Å². The Balaban J connectivity index is 2.01. The van der Waals surface area contributed by atoms with E-state index in [1.165, 1.54) is 0 Å². The molecule has 2 N–H and O–H groups in total. The zero-order valence-electron chi connectivity index (χ0n) is 8.95. The lowest BCUT2D eigenvalue weighted by atomic mass is 10.1. The average Bonchev–Trinajstić information content (AvgIpc) is 2.74. The Labute approximate surface area is 89.2 Å². The lowest BCUT2D eigenvalue weighted by Crippen LogP contribution is -2.57. The molecule has 2 atom stereocenters. The number of piperazine rings is 1. The minimum atomic E-state index is -0.313. The van der Waals surface area contributed by atoms with Crippen LogP contribution in [0.1, 0.15) is 13.3 Å². The summed E-state index contributed by atoms with van der Waals surface area (Å²) in [5.41, 5.74) is 0. The average molecular weight is 211 g/mol. The molecular weight excluding hydrogens is 194 g/mol. The molecule has 0 aromatic rings. The third-order valence-corrected chi connectivity index (χ3v) is 3.19. The lowest BCUT2D eigenvalue weighted by Gasteiger charge is -2.34. The van der Waals surface area contributed by atoms with Gasteiger partial charge in [0, 0.05) is 19.6 Å². The predicted molar refractivity (Wildman–Crippen MR) is 55.2 cm³/mol. The molecule has 0 aliphatic carbocycles. The van der Waals surface area contributed by atoms with Gasteiger partial charge >= 0.3 is 0 Å². The van der Waals surface area contributed by atoms with Crippen molar-refractivity contribution in [3.8, 4) is 0 Å². The van der Waals surface area contributed by atoms with Crippen molar-refractivity contribution in [2.24, 2.45) is 5.92 Å². The molecule has 0 radical (unpaired) electrons. The number of rotatable bonds is 1. The summed E-state index contributed by atoms with van der Waals surface area (Å²) in [7, 11) is 0. The highest BCUT2D eigenvalue weighted by Crippen LogP contribution is 2.15. The quantitative estimate of drug-likeness (QED) is 0.581. The monoisotopic (exact) mass is 211 g/mol. The molecule has 0 spiro atoms. The summed E-state index contributed by atoms with van der Waals surface area (Å²) < 4.78 is 0. The van der Waals surface area contributed by atoms with E-state index in [4.69, 9.17) is 0 Å². The number of amides is 2. The van der Waals surface area contributed by atoms with E-state index in [0.29, 0.717) is 13.1 Å². The van der Waals surface area contributed by atoms with E-state index >= 15 is 0 Å². The van der Waals surface area contributed by atoms with Crippen molar-refractivity contribution in [2.45, 2.75) is 19.4 Å². The van der Waals surface area contributed by atoms with E-state index in [-0.39, 0.29) is 23.8 Å². The molecule has 2 heterocycles. The number of hydrogen-bond donors (Lipinski definition) is 2. The van der Waals surface area contributed by atoms with Crippen LogP contribution in [-0.4, -0.2) is 48.9 Å². The molecule has 2 aliphatic heterocycles. The molecule has 2 amide bonds. The van der Waals surface area contributed by atoms with Gasteiger partial charge < -0.3 is 15.5 Å². The van der Waals surface area contributed by atoms with Gasteiger partial charge in [-0.05, 0) is 19.9 Å². The van der Waals surface area contributed by atoms with Gasteiger partial charge in [-0.2, -0.15) is 0 Å². The van der Waals surface area contributed by atoms with E-state index in [9.17, 15) is 9.59 Å². The number of hydrogen-bond acceptors (Lipinski definition) is 3. The maximum Gasteiger partial charge on any atom is 0.242 e. The highest BCUT2D eigenvalue weighted by atomic mass is 16.2. The van der Waals surface area contributed by atoms with Gasteiger partial charge in [0.2, 0.25) is 11.8 Å². The van der Waals surface area contributed by atoms with Crippen LogP contribution in [0.4, 0.5) is 0 Å². The fourth-order valence-corrected chi connectivity index (χ4v) is 2.18. The standard InChI is InChI=1S/C10H17N3O2/c1-7-9(14)12-4-5-13(7)10(15)8-2-3-11-6-8/h7-8,11H,2-6H2,1H3,(H,12,14)/t7?,8-/m1/s1. The first-order valence-corrected chi connectivity index (χ1v) is 5.49. The molecule has 1 unspecified atom stereocenters. The van der Waals surface area contributed by atoms with Crippen molar-refractivity contribution in [2.75, 3.05) is 26.2 Å². The molecule has 0 bridgehead atoms. The second-order valence-electron chi connectivity index (χ2n) is 4.19. The summed E-state index contributed by atoms with van der Waals surface area (Å²) in [6.45, 7) is 4.67. The topological polar surface area (TPSA) is 61.4 Å². The second-order valence-corrected chi connectivity index (χ2v) is 4.19. The molecule has 2 fully saturated rings. The van der Waals surface area contributed by atoms with Crippen molar-refractivity contribution < 1.29 is 9.59 Å². The summed E-state index contributed by atoms with van der Waals surface area (Å²) in [4.78, 5) is 25.2. The fourth-order valence-electron chi connectivity index (χ4n) is 2.18. The smallest absolute Gasteiger partial charge is 0.242 e. The third-order valence-electron chi connectivity index (χ3n) is 3.19. The van der Waals surface area contributed by atoms with Gasteiger partial charge in [-0.3, -0.25) is 9.59 Å². The molecule has 2 saturated heterocycles. The highest BCUT2D eigenvalue weighted by Gasteiger charge is 2.34. The van der Waals surface area contributed by atoms with Crippen LogP contribution in [0.3, 0.4) is 0 Å². The second kappa shape index (κ2) is 4.18.